The number of aryl methyl sites for hydroxylation is 2. The Morgan fingerprint density at radius 2 is 1.90 bits per heavy atom. The summed E-state index contributed by atoms with van der Waals surface area (Å²) in [7, 11) is 4.57. The lowest BCUT2D eigenvalue weighted by molar-refractivity contribution is -0.126. The van der Waals surface area contributed by atoms with E-state index < -0.39 is 5.92 Å². The van der Waals surface area contributed by atoms with E-state index in [0.29, 0.717) is 36.0 Å². The van der Waals surface area contributed by atoms with Crippen LogP contribution >= 0.6 is 0 Å². The lowest BCUT2D eigenvalue weighted by atomic mass is 10.1. The molecule has 1 aromatic heterocycles. The third-order valence-corrected chi connectivity index (χ3v) is 5.08. The highest BCUT2D eigenvalue weighted by Gasteiger charge is 2.35. The van der Waals surface area contributed by atoms with E-state index in [1.54, 1.807) is 23.2 Å². The number of hydrogen-bond acceptors (Lipinski definition) is 6. The van der Waals surface area contributed by atoms with Gasteiger partial charge >= 0.3 is 0 Å². The minimum atomic E-state index is -0.400. The molecule has 9 nitrogen and oxygen atoms in total. The average Bonchev–Trinajstić information content (AvgIpc) is 3.35. The van der Waals surface area contributed by atoms with Gasteiger partial charge in [-0.15, -0.1) is 0 Å². The second-order valence-electron chi connectivity index (χ2n) is 7.21. The van der Waals surface area contributed by atoms with Gasteiger partial charge in [0.05, 0.1) is 39.1 Å². The van der Waals surface area contributed by atoms with Crippen LogP contribution in [-0.4, -0.2) is 56.0 Å². The summed E-state index contributed by atoms with van der Waals surface area (Å²) in [6.45, 7) is 3.56. The van der Waals surface area contributed by atoms with E-state index in [1.807, 2.05) is 17.8 Å². The first kappa shape index (κ1) is 21.5. The standard InChI is InChI=1S/C21H28N4O5/c1-14-11-23-24(12-14)7-5-6-22-21(27)15-8-19(26)25(13-15)16-9-17(28-2)20(30-4)18(10-16)29-3/h9-12,15H,5-8,13H2,1-4H3,(H,22,27). The number of carbonyl (C=O) groups is 2. The van der Waals surface area contributed by atoms with E-state index in [-0.39, 0.29) is 18.2 Å². The molecule has 0 radical (unpaired) electrons. The number of aromatic nitrogens is 2. The molecule has 162 valence electrons. The lowest BCUT2D eigenvalue weighted by Gasteiger charge is -2.20. The predicted octanol–water partition coefficient (Wildman–Crippen LogP) is 1.78. The number of hydrogen-bond donors (Lipinski definition) is 1. The predicted molar refractivity (Wildman–Crippen MR) is 111 cm³/mol. The van der Waals surface area contributed by atoms with E-state index in [9.17, 15) is 9.59 Å². The smallest absolute Gasteiger partial charge is 0.227 e. The highest BCUT2D eigenvalue weighted by Crippen LogP contribution is 2.42. The highest BCUT2D eigenvalue weighted by molar-refractivity contribution is 6.00. The molecule has 1 aliphatic heterocycles. The molecule has 1 atom stereocenters. The molecule has 1 N–H and O–H groups in total. The van der Waals surface area contributed by atoms with Crippen LogP contribution in [0.1, 0.15) is 18.4 Å². The van der Waals surface area contributed by atoms with Crippen LogP contribution < -0.4 is 24.4 Å². The van der Waals surface area contributed by atoms with Crippen LogP contribution in [0.4, 0.5) is 5.69 Å². The number of carbonyl (C=O) groups excluding carboxylic acids is 2. The van der Waals surface area contributed by atoms with Crippen LogP contribution in [0.25, 0.3) is 0 Å². The molecule has 1 aromatic carbocycles. The van der Waals surface area contributed by atoms with Gasteiger partial charge in [-0.1, -0.05) is 0 Å². The Morgan fingerprint density at radius 1 is 1.20 bits per heavy atom. The molecule has 0 spiro atoms. The number of anilines is 1. The minimum absolute atomic E-state index is 0.114. The average molecular weight is 416 g/mol. The van der Waals surface area contributed by atoms with Gasteiger partial charge in [0.1, 0.15) is 0 Å². The number of methoxy groups -OCH3 is 3. The normalized spacial score (nSPS) is 15.9. The van der Waals surface area contributed by atoms with Crippen molar-refractivity contribution in [2.75, 3.05) is 39.3 Å². The number of amides is 2. The number of ether oxygens (including phenoxy) is 3. The van der Waals surface area contributed by atoms with Gasteiger partial charge in [0.2, 0.25) is 17.6 Å². The topological polar surface area (TPSA) is 94.9 Å². The molecule has 3 rings (SSSR count). The largest absolute Gasteiger partial charge is 0.493 e. The maximum absolute atomic E-state index is 12.6. The Bertz CT molecular complexity index is 886. The summed E-state index contributed by atoms with van der Waals surface area (Å²) in [5.74, 6) is 0.745. The first-order valence-electron chi connectivity index (χ1n) is 9.84. The molecule has 1 saturated heterocycles. The van der Waals surface area contributed by atoms with Gasteiger partial charge in [-0.25, -0.2) is 0 Å². The van der Waals surface area contributed by atoms with Gasteiger partial charge in [-0.05, 0) is 18.9 Å². The van der Waals surface area contributed by atoms with Crippen molar-refractivity contribution in [3.05, 3.63) is 30.1 Å². The molecule has 2 amide bonds. The summed E-state index contributed by atoms with van der Waals surface area (Å²) in [5.41, 5.74) is 1.72. The lowest BCUT2D eigenvalue weighted by Crippen LogP contribution is -2.33. The number of benzene rings is 1. The summed E-state index contributed by atoms with van der Waals surface area (Å²) in [4.78, 5) is 26.7. The zero-order valence-electron chi connectivity index (χ0n) is 17.8. The fourth-order valence-electron chi connectivity index (χ4n) is 3.54. The van der Waals surface area contributed by atoms with E-state index in [4.69, 9.17) is 14.2 Å². The van der Waals surface area contributed by atoms with Crippen molar-refractivity contribution >= 4 is 17.5 Å². The summed E-state index contributed by atoms with van der Waals surface area (Å²) < 4.78 is 17.9. The zero-order chi connectivity index (χ0) is 21.7. The maximum atomic E-state index is 12.6. The Kier molecular flexibility index (Phi) is 6.81. The van der Waals surface area contributed by atoms with Gasteiger partial charge < -0.3 is 24.4 Å². The Balaban J connectivity index is 1.59. The van der Waals surface area contributed by atoms with Crippen LogP contribution in [0.3, 0.4) is 0 Å². The molecule has 1 fully saturated rings. The minimum Gasteiger partial charge on any atom is -0.493 e. The zero-order valence-corrected chi connectivity index (χ0v) is 17.8. The fourth-order valence-corrected chi connectivity index (χ4v) is 3.54. The number of rotatable bonds is 9. The quantitative estimate of drug-likeness (QED) is 0.626. The van der Waals surface area contributed by atoms with Crippen LogP contribution in [0.15, 0.2) is 24.5 Å². The van der Waals surface area contributed by atoms with E-state index in [0.717, 1.165) is 18.5 Å². The molecule has 0 aliphatic carbocycles. The molecule has 2 aromatic rings. The van der Waals surface area contributed by atoms with Crippen LogP contribution in [-0.2, 0) is 16.1 Å². The summed E-state index contributed by atoms with van der Waals surface area (Å²) in [6, 6.07) is 3.43. The van der Waals surface area contributed by atoms with Crippen molar-refractivity contribution in [3.63, 3.8) is 0 Å². The Morgan fingerprint density at radius 3 is 2.47 bits per heavy atom. The van der Waals surface area contributed by atoms with Crippen LogP contribution in [0.2, 0.25) is 0 Å². The van der Waals surface area contributed by atoms with Gasteiger partial charge in [0.25, 0.3) is 0 Å². The molecule has 0 bridgehead atoms. The van der Waals surface area contributed by atoms with Gasteiger partial charge in [-0.2, -0.15) is 5.10 Å². The second kappa shape index (κ2) is 9.51. The molecule has 9 heteroatoms. The molecular weight excluding hydrogens is 388 g/mol. The second-order valence-corrected chi connectivity index (χ2v) is 7.21. The third-order valence-electron chi connectivity index (χ3n) is 5.08. The fraction of sp³-hybridized carbons (Fsp3) is 0.476. The van der Waals surface area contributed by atoms with E-state index in [2.05, 4.69) is 10.4 Å². The Labute approximate surface area is 175 Å². The number of nitrogens with one attached hydrogen (secondary N) is 1. The molecule has 2 heterocycles. The first-order chi connectivity index (χ1) is 14.5. The van der Waals surface area contributed by atoms with Gasteiger partial charge in [-0.3, -0.25) is 14.3 Å². The van der Waals surface area contributed by atoms with Gasteiger partial charge in [0, 0.05) is 44.4 Å². The SMILES string of the molecule is COc1cc(N2CC(C(=O)NCCCn3cc(C)cn3)CC2=O)cc(OC)c1OC. The molecule has 30 heavy (non-hydrogen) atoms. The van der Waals surface area contributed by atoms with Crippen LogP contribution in [0.5, 0.6) is 17.2 Å². The summed E-state index contributed by atoms with van der Waals surface area (Å²) in [5, 5.41) is 7.16. The Hall–Kier alpha value is -3.23. The third kappa shape index (κ3) is 4.67. The van der Waals surface area contributed by atoms with Crippen molar-refractivity contribution in [3.8, 4) is 17.2 Å². The molecular formula is C21H28N4O5. The molecule has 1 aliphatic rings. The van der Waals surface area contributed by atoms with Crippen LogP contribution in [0, 0.1) is 12.8 Å². The van der Waals surface area contributed by atoms with Crippen molar-refractivity contribution < 1.29 is 23.8 Å². The van der Waals surface area contributed by atoms with Gasteiger partial charge in [0.15, 0.2) is 11.5 Å². The van der Waals surface area contributed by atoms with E-state index >= 15 is 0 Å². The highest BCUT2D eigenvalue weighted by atomic mass is 16.5. The summed E-state index contributed by atoms with van der Waals surface area (Å²) in [6.07, 6.45) is 4.71. The molecule has 0 saturated carbocycles. The van der Waals surface area contributed by atoms with Crippen molar-refractivity contribution in [1.29, 1.82) is 0 Å². The molecule has 1 unspecified atom stereocenters. The summed E-state index contributed by atoms with van der Waals surface area (Å²) >= 11 is 0. The van der Waals surface area contributed by atoms with E-state index in [1.165, 1.54) is 21.3 Å². The monoisotopic (exact) mass is 416 g/mol. The van der Waals surface area contributed by atoms with Crippen molar-refractivity contribution in [2.24, 2.45) is 5.92 Å². The first-order valence-corrected chi connectivity index (χ1v) is 9.84. The van der Waals surface area contributed by atoms with Crippen molar-refractivity contribution in [1.82, 2.24) is 15.1 Å². The number of nitrogens with zero attached hydrogens (tertiary/aromatic N) is 3. The van der Waals surface area contributed by atoms with Crippen molar-refractivity contribution in [2.45, 2.75) is 26.3 Å². The maximum Gasteiger partial charge on any atom is 0.227 e.